The van der Waals surface area contributed by atoms with Gasteiger partial charge in [-0.3, -0.25) is 0 Å². The van der Waals surface area contributed by atoms with Crippen LogP contribution < -0.4 is 0 Å². The van der Waals surface area contributed by atoms with E-state index in [9.17, 15) is 0 Å². The number of thioether (sulfide) groups is 1. The molecule has 90 valence electrons. The van der Waals surface area contributed by atoms with Gasteiger partial charge in [0.05, 0.1) is 5.71 Å². The number of allylic oxidation sites excluding steroid dienone is 1. The van der Waals surface area contributed by atoms with Gasteiger partial charge in [-0.25, -0.2) is 0 Å². The van der Waals surface area contributed by atoms with Crippen molar-refractivity contribution in [1.29, 1.82) is 0 Å². The molecule has 0 aliphatic heterocycles. The number of nitrogens with zero attached hydrogens (tertiary/aromatic N) is 1. The highest BCUT2D eigenvalue weighted by molar-refractivity contribution is 8.22. The van der Waals surface area contributed by atoms with Gasteiger partial charge in [0, 0.05) is 0 Å². The van der Waals surface area contributed by atoms with E-state index < -0.39 is 0 Å². The van der Waals surface area contributed by atoms with Crippen molar-refractivity contribution in [3.05, 3.63) is 48.6 Å². The number of benzene rings is 1. The van der Waals surface area contributed by atoms with Crippen LogP contribution in [0.3, 0.4) is 0 Å². The van der Waals surface area contributed by atoms with Crippen molar-refractivity contribution in [2.24, 2.45) is 5.16 Å². The zero-order chi connectivity index (χ0) is 12.5. The molecule has 0 saturated carbocycles. The van der Waals surface area contributed by atoms with Gasteiger partial charge in [0.25, 0.3) is 4.38 Å². The molecule has 0 aliphatic rings. The molecule has 17 heavy (non-hydrogen) atoms. The van der Waals surface area contributed by atoms with E-state index in [0.29, 0.717) is 4.38 Å². The van der Waals surface area contributed by atoms with Gasteiger partial charge < -0.3 is 4.84 Å². The average molecular weight is 265 g/mol. The second-order valence-electron chi connectivity index (χ2n) is 3.28. The first-order valence-corrected chi connectivity index (χ1v) is 6.89. The van der Waals surface area contributed by atoms with Crippen LogP contribution in [-0.2, 0) is 4.84 Å². The van der Waals surface area contributed by atoms with Crippen LogP contribution in [0.15, 0.2) is 48.1 Å². The molecule has 0 unspecified atom stereocenters. The maximum atomic E-state index is 5.15. The zero-order valence-corrected chi connectivity index (χ0v) is 11.4. The Balaban J connectivity index is 2.80. The minimum absolute atomic E-state index is 0.428. The Morgan fingerprint density at radius 3 is 2.76 bits per heavy atom. The highest BCUT2D eigenvalue weighted by atomic mass is 32.2. The van der Waals surface area contributed by atoms with Crippen LogP contribution in [0.5, 0.6) is 0 Å². The van der Waals surface area contributed by atoms with Crippen molar-refractivity contribution in [1.82, 2.24) is 0 Å². The van der Waals surface area contributed by atoms with E-state index in [1.807, 2.05) is 42.7 Å². The fourth-order valence-corrected chi connectivity index (χ4v) is 1.39. The lowest BCUT2D eigenvalue weighted by Crippen LogP contribution is -2.03. The fourth-order valence-electron chi connectivity index (χ4n) is 1.24. The quantitative estimate of drug-likeness (QED) is 0.347. The molecule has 1 aromatic rings. The van der Waals surface area contributed by atoms with Crippen LogP contribution in [0, 0.1) is 0 Å². The molecule has 0 aliphatic carbocycles. The number of rotatable bonds is 5. The molecule has 0 atom stereocenters. The normalized spacial score (nSPS) is 11.0. The van der Waals surface area contributed by atoms with Gasteiger partial charge in [-0.2, -0.15) is 0 Å². The summed E-state index contributed by atoms with van der Waals surface area (Å²) in [7, 11) is 0. The third-order valence-corrected chi connectivity index (χ3v) is 3.07. The summed E-state index contributed by atoms with van der Waals surface area (Å²) in [6.07, 6.45) is 5.39. The molecule has 1 aromatic carbocycles. The highest BCUT2D eigenvalue weighted by Gasteiger charge is 2.04. The van der Waals surface area contributed by atoms with Crippen molar-refractivity contribution in [2.75, 3.05) is 6.26 Å². The maximum absolute atomic E-state index is 5.15. The second-order valence-corrected chi connectivity index (χ2v) is 4.69. The Hall–Kier alpha value is -1.13. The minimum atomic E-state index is 0.428. The molecular formula is C13H15NOS2. The van der Waals surface area contributed by atoms with Gasteiger partial charge >= 0.3 is 0 Å². The van der Waals surface area contributed by atoms with Crippen LogP contribution >= 0.6 is 24.0 Å². The number of thiocarbonyl (C=S) groups is 1. The summed E-state index contributed by atoms with van der Waals surface area (Å²) in [4.78, 5) is 5.15. The summed E-state index contributed by atoms with van der Waals surface area (Å²) in [6.45, 7) is 3.71. The Kier molecular flexibility index (Phi) is 6.58. The number of oxime groups is 1. The van der Waals surface area contributed by atoms with Gasteiger partial charge in [-0.1, -0.05) is 53.3 Å². The summed E-state index contributed by atoms with van der Waals surface area (Å²) >= 11 is 6.32. The molecule has 0 saturated heterocycles. The van der Waals surface area contributed by atoms with Crippen molar-refractivity contribution in [3.8, 4) is 0 Å². The molecule has 2 nitrogen and oxygen atoms in total. The van der Waals surface area contributed by atoms with Crippen LogP contribution in [0.1, 0.15) is 18.4 Å². The number of hydrogen-bond donors (Lipinski definition) is 0. The van der Waals surface area contributed by atoms with Gasteiger partial charge in [0.2, 0.25) is 0 Å². The van der Waals surface area contributed by atoms with Crippen LogP contribution in [0.25, 0.3) is 0 Å². The minimum Gasteiger partial charge on any atom is -0.338 e. The van der Waals surface area contributed by atoms with Gasteiger partial charge in [0.15, 0.2) is 0 Å². The maximum Gasteiger partial charge on any atom is 0.255 e. The van der Waals surface area contributed by atoms with Crippen LogP contribution in [0.2, 0.25) is 0 Å². The van der Waals surface area contributed by atoms with Gasteiger partial charge in [-0.05, 0) is 36.9 Å². The topological polar surface area (TPSA) is 21.6 Å². The SMILES string of the molecule is C=CCC/C(=N\OC(=S)SC)c1ccccc1. The fraction of sp³-hybridized carbons (Fsp3) is 0.231. The van der Waals surface area contributed by atoms with E-state index in [0.717, 1.165) is 24.1 Å². The summed E-state index contributed by atoms with van der Waals surface area (Å²) in [5, 5.41) is 4.11. The lowest BCUT2D eigenvalue weighted by molar-refractivity contribution is 0.346. The first kappa shape index (κ1) is 13.9. The summed E-state index contributed by atoms with van der Waals surface area (Å²) in [5.74, 6) is 0. The smallest absolute Gasteiger partial charge is 0.255 e. The monoisotopic (exact) mass is 265 g/mol. The van der Waals surface area contributed by atoms with Crippen LogP contribution in [-0.4, -0.2) is 16.4 Å². The predicted molar refractivity (Wildman–Crippen MR) is 79.6 cm³/mol. The largest absolute Gasteiger partial charge is 0.338 e. The lowest BCUT2D eigenvalue weighted by Gasteiger charge is -2.05. The standard InChI is InChI=1S/C13H15NOS2/c1-3-4-10-12(14-15-13(16)17-2)11-8-6-5-7-9-11/h3,5-9H,1,4,10H2,2H3/b14-12+. The first-order chi connectivity index (χ1) is 8.27. The number of hydrogen-bond acceptors (Lipinski definition) is 4. The Morgan fingerprint density at radius 2 is 2.18 bits per heavy atom. The molecule has 1 rings (SSSR count). The summed E-state index contributed by atoms with van der Waals surface area (Å²) in [5.41, 5.74) is 1.94. The molecule has 0 N–H and O–H groups in total. The Bertz CT molecular complexity index is 401. The second kappa shape index (κ2) is 8.03. The van der Waals surface area contributed by atoms with Gasteiger partial charge in [0.1, 0.15) is 0 Å². The van der Waals surface area contributed by atoms with Crippen molar-refractivity contribution >= 4 is 34.1 Å². The molecule has 0 fully saturated rings. The van der Waals surface area contributed by atoms with E-state index in [2.05, 4.69) is 11.7 Å². The van der Waals surface area contributed by atoms with E-state index >= 15 is 0 Å². The molecule has 0 amide bonds. The lowest BCUT2D eigenvalue weighted by atomic mass is 10.1. The molecule has 0 aromatic heterocycles. The molecule has 0 bridgehead atoms. The highest BCUT2D eigenvalue weighted by Crippen LogP contribution is 2.09. The van der Waals surface area contributed by atoms with E-state index in [4.69, 9.17) is 17.1 Å². The van der Waals surface area contributed by atoms with E-state index in [1.54, 1.807) is 0 Å². The first-order valence-electron chi connectivity index (χ1n) is 5.26. The average Bonchev–Trinajstić information content (AvgIpc) is 2.39. The molecule has 4 heteroatoms. The van der Waals surface area contributed by atoms with Gasteiger partial charge in [-0.15, -0.1) is 6.58 Å². The summed E-state index contributed by atoms with van der Waals surface area (Å²) in [6, 6.07) is 9.94. The Labute approximate surface area is 112 Å². The molecular weight excluding hydrogens is 250 g/mol. The van der Waals surface area contributed by atoms with E-state index in [1.165, 1.54) is 11.8 Å². The van der Waals surface area contributed by atoms with Crippen molar-refractivity contribution in [3.63, 3.8) is 0 Å². The third-order valence-electron chi connectivity index (χ3n) is 2.09. The molecule has 0 heterocycles. The zero-order valence-electron chi connectivity index (χ0n) is 9.76. The van der Waals surface area contributed by atoms with Crippen LogP contribution in [0.4, 0.5) is 0 Å². The third kappa shape index (κ3) is 5.15. The Morgan fingerprint density at radius 1 is 1.47 bits per heavy atom. The predicted octanol–water partition coefficient (Wildman–Crippen LogP) is 4.02. The molecule has 0 spiro atoms. The summed E-state index contributed by atoms with van der Waals surface area (Å²) < 4.78 is 0.428. The van der Waals surface area contributed by atoms with E-state index in [-0.39, 0.29) is 0 Å². The van der Waals surface area contributed by atoms with Crippen molar-refractivity contribution in [2.45, 2.75) is 12.8 Å². The van der Waals surface area contributed by atoms with Crippen molar-refractivity contribution < 1.29 is 4.84 Å². The molecule has 0 radical (unpaired) electrons.